The van der Waals surface area contributed by atoms with Crippen LogP contribution in [0.5, 0.6) is 11.5 Å². The fourth-order valence-electron chi connectivity index (χ4n) is 1.81. The molecule has 0 spiro atoms. The molecule has 0 bridgehead atoms. The molecule has 0 amide bonds. The van der Waals surface area contributed by atoms with E-state index >= 15 is 0 Å². The van der Waals surface area contributed by atoms with Gasteiger partial charge in [0.2, 0.25) is 0 Å². The van der Waals surface area contributed by atoms with Crippen LogP contribution in [0.1, 0.15) is 13.0 Å². The van der Waals surface area contributed by atoms with Gasteiger partial charge in [-0.25, -0.2) is 4.39 Å². The number of hydrogen-bond donors (Lipinski definition) is 0. The van der Waals surface area contributed by atoms with E-state index in [0.717, 1.165) is 5.56 Å². The van der Waals surface area contributed by atoms with Crippen LogP contribution in [0.2, 0.25) is 18.7 Å². The van der Waals surface area contributed by atoms with E-state index < -0.39 is 0 Å². The first kappa shape index (κ1) is 16.6. The van der Waals surface area contributed by atoms with Crippen LogP contribution in [0.4, 0.5) is 4.39 Å². The highest BCUT2D eigenvalue weighted by Gasteiger charge is 2.10. The Labute approximate surface area is 125 Å². The molecule has 0 aromatic heterocycles. The molecule has 2 aromatic rings. The van der Waals surface area contributed by atoms with Gasteiger partial charge in [-0.2, -0.15) is 0 Å². The predicted octanol–water partition coefficient (Wildman–Crippen LogP) is 5.18. The molecule has 0 aliphatic heterocycles. The topological polar surface area (TPSA) is 9.23 Å². The van der Waals surface area contributed by atoms with Crippen molar-refractivity contribution in [1.82, 2.24) is 0 Å². The summed E-state index contributed by atoms with van der Waals surface area (Å²) in [5, 5.41) is 0.636. The molecule has 0 saturated heterocycles. The second-order valence-corrected chi connectivity index (χ2v) is 5.26. The summed E-state index contributed by atoms with van der Waals surface area (Å²) in [5.41, 5.74) is 1.67. The zero-order chi connectivity index (χ0) is 14.0. The van der Waals surface area contributed by atoms with E-state index in [1.807, 2.05) is 32.7 Å². The van der Waals surface area contributed by atoms with Crippen molar-refractivity contribution in [3.63, 3.8) is 0 Å². The lowest BCUT2D eigenvalue weighted by molar-refractivity contribution is 0.477. The van der Waals surface area contributed by atoms with Crippen LogP contribution in [0.15, 0.2) is 36.4 Å². The molecule has 0 heterocycles. The van der Waals surface area contributed by atoms with Gasteiger partial charge in [0.05, 0.1) is 0 Å². The van der Waals surface area contributed by atoms with Crippen LogP contribution in [0, 0.1) is 12.7 Å². The van der Waals surface area contributed by atoms with Crippen molar-refractivity contribution in [1.29, 1.82) is 0 Å². The number of halogens is 2. The fraction of sp³-hybridized carbons (Fsp3) is 0.250. The molecule has 0 atom stereocenters. The average molecular weight is 293 g/mol. The van der Waals surface area contributed by atoms with Gasteiger partial charge in [0.15, 0.2) is 6.71 Å². The number of benzene rings is 2. The third-order valence-corrected chi connectivity index (χ3v) is 3.38. The van der Waals surface area contributed by atoms with Crippen LogP contribution in [-0.4, -0.2) is 6.71 Å². The monoisotopic (exact) mass is 292 g/mol. The highest BCUT2D eigenvalue weighted by atomic mass is 35.5. The molecule has 0 aliphatic rings. The summed E-state index contributed by atoms with van der Waals surface area (Å²) in [6.45, 7) is 5.99. The quantitative estimate of drug-likeness (QED) is 0.708. The average Bonchev–Trinajstić information content (AvgIpc) is 2.33. The minimum Gasteiger partial charge on any atom is -0.457 e. The van der Waals surface area contributed by atoms with Crippen molar-refractivity contribution in [2.45, 2.75) is 28.0 Å². The van der Waals surface area contributed by atoms with Gasteiger partial charge in [-0.15, -0.1) is 0 Å². The summed E-state index contributed by atoms with van der Waals surface area (Å²) in [4.78, 5) is 0. The Kier molecular flexibility index (Phi) is 5.64. The lowest BCUT2D eigenvalue weighted by atomic mass is 9.49. The van der Waals surface area contributed by atoms with E-state index in [1.54, 1.807) is 18.2 Å². The summed E-state index contributed by atoms with van der Waals surface area (Å²) >= 11 is 6.02. The highest BCUT2D eigenvalue weighted by Crippen LogP contribution is 2.26. The lowest BCUT2D eigenvalue weighted by Crippen LogP contribution is -2.25. The molecule has 0 fully saturated rings. The normalized spacial score (nSPS) is 9.85. The van der Waals surface area contributed by atoms with Gasteiger partial charge in [0.1, 0.15) is 17.3 Å². The van der Waals surface area contributed by atoms with E-state index in [4.69, 9.17) is 16.3 Å². The van der Waals surface area contributed by atoms with Crippen LogP contribution in [0.25, 0.3) is 0 Å². The number of rotatable bonds is 3. The Balaban J connectivity index is 0.00000200. The third kappa shape index (κ3) is 3.77. The van der Waals surface area contributed by atoms with Crippen LogP contribution in [-0.2, 0) is 0 Å². The standard InChI is InChI=1S/C15H15BClFO.CH4/c1-10-4-5-11(8-14(10)17)19-12-6-7-13(16(2)3)15(18)9-12;/h4-9H,1-3H3;1H4. The number of hydrogen-bond acceptors (Lipinski definition) is 1. The second kappa shape index (κ2) is 6.80. The lowest BCUT2D eigenvalue weighted by Gasteiger charge is -2.10. The molecule has 4 heteroatoms. The zero-order valence-electron chi connectivity index (χ0n) is 11.2. The van der Waals surface area contributed by atoms with Gasteiger partial charge in [-0.1, -0.05) is 44.8 Å². The maximum absolute atomic E-state index is 13.8. The number of ether oxygens (including phenoxy) is 1. The van der Waals surface area contributed by atoms with Crippen LogP contribution < -0.4 is 10.2 Å². The minimum absolute atomic E-state index is 0. The molecule has 1 nitrogen and oxygen atoms in total. The maximum Gasteiger partial charge on any atom is 0.173 e. The molecule has 2 aromatic carbocycles. The molecule has 0 radical (unpaired) electrons. The number of aryl methyl sites for hydroxylation is 1. The Hall–Kier alpha value is -1.48. The molecule has 0 N–H and O–H groups in total. The van der Waals surface area contributed by atoms with Crippen molar-refractivity contribution < 1.29 is 9.13 Å². The SMILES string of the molecule is C.CB(C)c1ccc(Oc2ccc(C)c(Cl)c2)cc1F. The van der Waals surface area contributed by atoms with E-state index in [1.165, 1.54) is 6.07 Å². The van der Waals surface area contributed by atoms with Crippen LogP contribution >= 0.6 is 11.6 Å². The van der Waals surface area contributed by atoms with Crippen molar-refractivity contribution in [3.8, 4) is 11.5 Å². The van der Waals surface area contributed by atoms with Gasteiger partial charge >= 0.3 is 0 Å². The first-order chi connectivity index (χ1) is 8.97. The summed E-state index contributed by atoms with van der Waals surface area (Å²) in [6, 6.07) is 10.3. The zero-order valence-corrected chi connectivity index (χ0v) is 12.0. The third-order valence-electron chi connectivity index (χ3n) is 2.97. The largest absolute Gasteiger partial charge is 0.457 e. The molecular formula is C16H19BClFO. The van der Waals surface area contributed by atoms with Crippen molar-refractivity contribution in [3.05, 3.63) is 52.8 Å². The van der Waals surface area contributed by atoms with Crippen molar-refractivity contribution in [2.24, 2.45) is 0 Å². The smallest absolute Gasteiger partial charge is 0.173 e. The Morgan fingerprint density at radius 2 is 1.65 bits per heavy atom. The summed E-state index contributed by atoms with van der Waals surface area (Å²) in [7, 11) is 0. The Bertz CT molecular complexity index is 599. The van der Waals surface area contributed by atoms with Crippen LogP contribution in [0.3, 0.4) is 0 Å². The second-order valence-electron chi connectivity index (χ2n) is 4.85. The summed E-state index contributed by atoms with van der Waals surface area (Å²) < 4.78 is 19.4. The van der Waals surface area contributed by atoms with E-state index in [-0.39, 0.29) is 20.0 Å². The molecular weight excluding hydrogens is 273 g/mol. The first-order valence-electron chi connectivity index (χ1n) is 6.21. The Morgan fingerprint density at radius 1 is 1.05 bits per heavy atom. The van der Waals surface area contributed by atoms with Gasteiger partial charge in [0, 0.05) is 11.1 Å². The molecule has 106 valence electrons. The summed E-state index contributed by atoms with van der Waals surface area (Å²) in [5.74, 6) is 0.833. The van der Waals surface area contributed by atoms with Crippen molar-refractivity contribution in [2.75, 3.05) is 0 Å². The minimum atomic E-state index is -0.245. The highest BCUT2D eigenvalue weighted by molar-refractivity contribution is 6.70. The molecule has 20 heavy (non-hydrogen) atoms. The predicted molar refractivity (Wildman–Crippen MR) is 86.5 cm³/mol. The van der Waals surface area contributed by atoms with Gasteiger partial charge < -0.3 is 4.74 Å². The van der Waals surface area contributed by atoms with Crippen molar-refractivity contribution >= 4 is 23.8 Å². The molecule has 0 saturated carbocycles. The van der Waals surface area contributed by atoms with E-state index in [9.17, 15) is 4.39 Å². The molecule has 2 rings (SSSR count). The Morgan fingerprint density at radius 3 is 2.20 bits per heavy atom. The molecule has 0 unspecified atom stereocenters. The summed E-state index contributed by atoms with van der Waals surface area (Å²) in [6.07, 6.45) is 0. The molecule has 0 aliphatic carbocycles. The van der Waals surface area contributed by atoms with Gasteiger partial charge in [-0.3, -0.25) is 0 Å². The van der Waals surface area contributed by atoms with Gasteiger partial charge in [0.25, 0.3) is 0 Å². The van der Waals surface area contributed by atoms with Gasteiger partial charge in [-0.05, 0) is 36.1 Å². The van der Waals surface area contributed by atoms with E-state index in [0.29, 0.717) is 22.0 Å². The maximum atomic E-state index is 13.8. The van der Waals surface area contributed by atoms with E-state index in [2.05, 4.69) is 0 Å². The first-order valence-corrected chi connectivity index (χ1v) is 6.58. The fourth-order valence-corrected chi connectivity index (χ4v) is 1.98.